The van der Waals surface area contributed by atoms with Gasteiger partial charge in [-0.3, -0.25) is 5.32 Å². The number of amides is 1. The molecule has 0 heterocycles. The van der Waals surface area contributed by atoms with Crippen LogP contribution in [0.4, 0.5) is 10.5 Å². The third kappa shape index (κ3) is 6.73. The molecule has 0 saturated heterocycles. The number of rotatable bonds is 9. The van der Waals surface area contributed by atoms with Gasteiger partial charge in [-0.25, -0.2) is 4.79 Å². The van der Waals surface area contributed by atoms with E-state index in [-0.39, 0.29) is 11.6 Å². The van der Waals surface area contributed by atoms with Gasteiger partial charge in [0.2, 0.25) is 0 Å². The predicted octanol–water partition coefficient (Wildman–Crippen LogP) is 6.38. The van der Waals surface area contributed by atoms with Crippen LogP contribution in [-0.4, -0.2) is 26.1 Å². The zero-order chi connectivity index (χ0) is 27.7. The Balaban J connectivity index is 1.59. The van der Waals surface area contributed by atoms with E-state index in [1.165, 1.54) is 10.4 Å². The maximum Gasteiger partial charge on any atom is 0.417 e. The molecule has 0 radical (unpaired) electrons. The minimum atomic E-state index is -2.67. The summed E-state index contributed by atoms with van der Waals surface area (Å²) in [6, 6.07) is 35.3. The summed E-state index contributed by atoms with van der Waals surface area (Å²) in [6.45, 7) is 7.01. The summed E-state index contributed by atoms with van der Waals surface area (Å²) in [5, 5.41) is 14.8. The summed E-state index contributed by atoms with van der Waals surface area (Å²) >= 11 is 0. The van der Waals surface area contributed by atoms with Gasteiger partial charge in [0.25, 0.3) is 8.32 Å². The average molecular weight is 538 g/mol. The molecule has 4 aromatic rings. The van der Waals surface area contributed by atoms with Crippen LogP contribution in [-0.2, 0) is 11.0 Å². The molecule has 0 atom stereocenters. The van der Waals surface area contributed by atoms with Crippen molar-refractivity contribution in [2.75, 3.05) is 11.9 Å². The molecule has 0 fully saturated rings. The van der Waals surface area contributed by atoms with Gasteiger partial charge in [0.1, 0.15) is 5.75 Å². The Morgan fingerprint density at radius 3 is 1.95 bits per heavy atom. The normalized spacial score (nSPS) is 11.9. The lowest BCUT2D eigenvalue weighted by molar-refractivity contribution is 0.215. The van der Waals surface area contributed by atoms with Crippen molar-refractivity contribution in [1.82, 2.24) is 0 Å². The number of aliphatic hydroxyl groups excluding tert-OH is 1. The van der Waals surface area contributed by atoms with Crippen molar-refractivity contribution >= 4 is 36.5 Å². The molecule has 200 valence electrons. The molecule has 0 aromatic heterocycles. The van der Waals surface area contributed by atoms with Crippen LogP contribution in [0.15, 0.2) is 115 Å². The van der Waals surface area contributed by atoms with Crippen molar-refractivity contribution < 1.29 is 19.1 Å². The Hall–Kier alpha value is -3.97. The predicted molar refractivity (Wildman–Crippen MR) is 161 cm³/mol. The first-order valence-corrected chi connectivity index (χ1v) is 14.9. The van der Waals surface area contributed by atoms with E-state index in [0.29, 0.717) is 18.0 Å². The second kappa shape index (κ2) is 12.7. The van der Waals surface area contributed by atoms with E-state index < -0.39 is 14.4 Å². The summed E-state index contributed by atoms with van der Waals surface area (Å²) in [5.74, 6) is 0.456. The van der Waals surface area contributed by atoms with Crippen LogP contribution in [0, 0.1) is 0 Å². The van der Waals surface area contributed by atoms with Gasteiger partial charge in [0.15, 0.2) is 0 Å². The number of aliphatic hydroxyl groups is 1. The molecular formula is C33H35NO4Si. The minimum absolute atomic E-state index is 0.103. The Morgan fingerprint density at radius 2 is 1.41 bits per heavy atom. The topological polar surface area (TPSA) is 67.8 Å². The highest BCUT2D eigenvalue weighted by atomic mass is 28.4. The molecule has 0 unspecified atom stereocenters. The summed E-state index contributed by atoms with van der Waals surface area (Å²) in [4.78, 5) is 12.5. The van der Waals surface area contributed by atoms with Crippen LogP contribution in [0.2, 0.25) is 5.04 Å². The van der Waals surface area contributed by atoms with E-state index in [9.17, 15) is 9.90 Å². The molecule has 1 amide bonds. The maximum absolute atomic E-state index is 12.5. The fraction of sp³-hybridized carbons (Fsp3) is 0.182. The van der Waals surface area contributed by atoms with Gasteiger partial charge in [0, 0.05) is 0 Å². The number of anilines is 1. The number of nitrogens with one attached hydrogen (secondary N) is 1. The van der Waals surface area contributed by atoms with Crippen LogP contribution in [0.25, 0.3) is 6.08 Å². The molecule has 0 aliphatic carbocycles. The zero-order valence-electron chi connectivity index (χ0n) is 22.6. The smallest absolute Gasteiger partial charge is 0.410 e. The van der Waals surface area contributed by atoms with Crippen LogP contribution in [0.1, 0.15) is 31.9 Å². The van der Waals surface area contributed by atoms with Gasteiger partial charge >= 0.3 is 6.09 Å². The summed E-state index contributed by atoms with van der Waals surface area (Å²) in [5.41, 5.74) is 2.07. The molecule has 39 heavy (non-hydrogen) atoms. The second-order valence-corrected chi connectivity index (χ2v) is 14.6. The lowest BCUT2D eigenvalue weighted by Crippen LogP contribution is -2.66. The molecule has 6 heteroatoms. The highest BCUT2D eigenvalue weighted by Crippen LogP contribution is 2.36. The third-order valence-electron chi connectivity index (χ3n) is 6.60. The van der Waals surface area contributed by atoms with Gasteiger partial charge in [-0.15, -0.1) is 0 Å². The number of hydrogen-bond acceptors (Lipinski definition) is 4. The lowest BCUT2D eigenvalue weighted by Gasteiger charge is -2.42. The number of benzene rings is 4. The lowest BCUT2D eigenvalue weighted by atomic mass is 10.1. The highest BCUT2D eigenvalue weighted by molar-refractivity contribution is 6.99. The molecule has 0 saturated carbocycles. The van der Waals surface area contributed by atoms with Gasteiger partial charge in [0.05, 0.1) is 18.9 Å². The Morgan fingerprint density at radius 1 is 0.846 bits per heavy atom. The van der Waals surface area contributed by atoms with Crippen LogP contribution in [0.3, 0.4) is 0 Å². The van der Waals surface area contributed by atoms with E-state index >= 15 is 0 Å². The first-order chi connectivity index (χ1) is 18.8. The average Bonchev–Trinajstić information content (AvgIpc) is 2.94. The molecule has 4 aromatic carbocycles. The summed E-state index contributed by atoms with van der Waals surface area (Å²) < 4.78 is 12.3. The molecule has 5 nitrogen and oxygen atoms in total. The summed E-state index contributed by atoms with van der Waals surface area (Å²) in [6.07, 6.45) is 3.29. The second-order valence-electron chi connectivity index (χ2n) is 10.3. The third-order valence-corrected chi connectivity index (χ3v) is 11.6. The van der Waals surface area contributed by atoms with Crippen molar-refractivity contribution in [3.63, 3.8) is 0 Å². The van der Waals surface area contributed by atoms with Crippen LogP contribution in [0.5, 0.6) is 5.75 Å². The fourth-order valence-corrected chi connectivity index (χ4v) is 9.30. The van der Waals surface area contributed by atoms with Gasteiger partial charge in [-0.2, -0.15) is 0 Å². The van der Waals surface area contributed by atoms with Gasteiger partial charge < -0.3 is 14.3 Å². The minimum Gasteiger partial charge on any atom is -0.410 e. The molecular weight excluding hydrogens is 502 g/mol. The van der Waals surface area contributed by atoms with E-state index in [2.05, 4.69) is 74.6 Å². The van der Waals surface area contributed by atoms with Gasteiger partial charge in [-0.05, 0) is 50.8 Å². The Kier molecular flexibility index (Phi) is 9.14. The van der Waals surface area contributed by atoms with Crippen molar-refractivity contribution in [2.45, 2.75) is 32.4 Å². The molecule has 0 aliphatic heterocycles. The van der Waals surface area contributed by atoms with Crippen molar-refractivity contribution in [3.05, 3.63) is 126 Å². The largest absolute Gasteiger partial charge is 0.417 e. The van der Waals surface area contributed by atoms with Crippen LogP contribution < -0.4 is 20.4 Å². The summed E-state index contributed by atoms with van der Waals surface area (Å²) in [7, 11) is -2.67. The quantitative estimate of drug-likeness (QED) is 0.243. The van der Waals surface area contributed by atoms with Crippen molar-refractivity contribution in [2.24, 2.45) is 0 Å². The van der Waals surface area contributed by atoms with Gasteiger partial charge in [-0.1, -0.05) is 118 Å². The van der Waals surface area contributed by atoms with E-state index in [0.717, 1.165) is 11.1 Å². The Labute approximate surface area is 231 Å². The van der Waals surface area contributed by atoms with Crippen molar-refractivity contribution in [1.29, 1.82) is 0 Å². The van der Waals surface area contributed by atoms with E-state index in [1.54, 1.807) is 36.4 Å². The monoisotopic (exact) mass is 537 g/mol. The SMILES string of the molecule is CC(C)(C)[Si](OC/C=C/c1cc(CO)ccc1NC(=O)Oc1ccccc1)(c1ccccc1)c1ccccc1. The fourth-order valence-electron chi connectivity index (χ4n) is 4.80. The number of carbonyl (C=O) groups excluding carboxylic acids is 1. The van der Waals surface area contributed by atoms with Crippen LogP contribution >= 0.6 is 0 Å². The number of ether oxygens (including phenoxy) is 1. The molecule has 0 spiro atoms. The highest BCUT2D eigenvalue weighted by Gasteiger charge is 2.49. The molecule has 0 bridgehead atoms. The zero-order valence-corrected chi connectivity index (χ0v) is 23.6. The number of para-hydroxylation sites is 1. The van der Waals surface area contributed by atoms with E-state index in [4.69, 9.17) is 9.16 Å². The first kappa shape index (κ1) is 28.0. The molecule has 2 N–H and O–H groups in total. The first-order valence-electron chi connectivity index (χ1n) is 13.0. The van der Waals surface area contributed by atoms with E-state index in [1.807, 2.05) is 36.4 Å². The molecule has 0 aliphatic rings. The number of hydrogen-bond donors (Lipinski definition) is 2. The number of carbonyl (C=O) groups is 1. The molecule has 4 rings (SSSR count). The Bertz CT molecular complexity index is 1340. The standard InChI is InChI=1S/C33H35NO4Si/c1-33(2,3)39(29-17-9-5-10-18-29,30-19-11-6-12-20-30)37-23-13-14-27-24-26(25-35)21-22-31(27)34-32(36)38-28-15-7-4-8-16-28/h4-22,24,35H,23,25H2,1-3H3,(H,34,36)/b14-13+. The maximum atomic E-state index is 12.5. The van der Waals surface area contributed by atoms with Crippen molar-refractivity contribution in [3.8, 4) is 5.75 Å².